The predicted molar refractivity (Wildman–Crippen MR) is 96.2 cm³/mol. The van der Waals surface area contributed by atoms with E-state index in [0.717, 1.165) is 13.1 Å². The second-order valence-electron chi connectivity index (χ2n) is 5.76. The molecule has 1 heterocycles. The lowest BCUT2D eigenvalue weighted by Crippen LogP contribution is -2.13. The molecule has 4 aromatic rings. The molecule has 0 atom stereocenters. The van der Waals surface area contributed by atoms with Gasteiger partial charge in [0.1, 0.15) is 0 Å². The van der Waals surface area contributed by atoms with Crippen LogP contribution in [-0.2, 0) is 13.1 Å². The number of nitrogens with zero attached hydrogens (tertiary/aromatic N) is 1. The molecule has 0 amide bonds. The molecule has 1 aromatic heterocycles. The minimum Gasteiger partial charge on any atom is -0.309 e. The van der Waals surface area contributed by atoms with E-state index in [1.165, 1.54) is 32.7 Å². The van der Waals surface area contributed by atoms with Crippen molar-refractivity contribution in [1.29, 1.82) is 0 Å². The van der Waals surface area contributed by atoms with Crippen LogP contribution in [0.1, 0.15) is 11.1 Å². The van der Waals surface area contributed by atoms with Gasteiger partial charge in [-0.05, 0) is 44.8 Å². The first-order chi connectivity index (χ1) is 11.4. The summed E-state index contributed by atoms with van der Waals surface area (Å²) < 4.78 is 0. The number of hydrogen-bond acceptors (Lipinski definition) is 2. The minimum absolute atomic E-state index is 0.825. The predicted octanol–water partition coefficient (Wildman–Crippen LogP) is 4.68. The number of nitrogens with one attached hydrogen (secondary N) is 1. The van der Waals surface area contributed by atoms with Crippen molar-refractivity contribution in [2.24, 2.45) is 0 Å². The van der Waals surface area contributed by atoms with Crippen LogP contribution in [0.15, 0.2) is 79.1 Å². The SMILES string of the molecule is c1cncc(CNCc2c3ccccc3cc3ccccc23)c1. The fourth-order valence-electron chi connectivity index (χ4n) is 3.13. The van der Waals surface area contributed by atoms with Gasteiger partial charge in [-0.15, -0.1) is 0 Å². The Hall–Kier alpha value is -2.71. The summed E-state index contributed by atoms with van der Waals surface area (Å²) in [5.74, 6) is 0. The van der Waals surface area contributed by atoms with Crippen LogP contribution < -0.4 is 5.32 Å². The molecular weight excluding hydrogens is 280 g/mol. The van der Waals surface area contributed by atoms with Crippen LogP contribution in [0.5, 0.6) is 0 Å². The number of benzene rings is 3. The molecule has 0 fully saturated rings. The summed E-state index contributed by atoms with van der Waals surface area (Å²) in [4.78, 5) is 4.17. The van der Waals surface area contributed by atoms with Crippen molar-refractivity contribution >= 4 is 21.5 Å². The van der Waals surface area contributed by atoms with Crippen LogP contribution in [0.4, 0.5) is 0 Å². The molecule has 2 heteroatoms. The summed E-state index contributed by atoms with van der Waals surface area (Å²) in [5.41, 5.74) is 2.57. The number of rotatable bonds is 4. The lowest BCUT2D eigenvalue weighted by Gasteiger charge is -2.12. The molecule has 4 rings (SSSR count). The third kappa shape index (κ3) is 2.81. The summed E-state index contributed by atoms with van der Waals surface area (Å²) in [6.45, 7) is 1.67. The molecular formula is C21H18N2. The zero-order chi connectivity index (χ0) is 15.5. The van der Waals surface area contributed by atoms with E-state index in [0.29, 0.717) is 0 Å². The van der Waals surface area contributed by atoms with E-state index in [2.05, 4.69) is 71.0 Å². The Morgan fingerprint density at radius 3 is 2.09 bits per heavy atom. The highest BCUT2D eigenvalue weighted by Crippen LogP contribution is 2.28. The molecule has 0 bridgehead atoms. The summed E-state index contributed by atoms with van der Waals surface area (Å²) >= 11 is 0. The summed E-state index contributed by atoms with van der Waals surface area (Å²) in [6, 6.07) is 23.6. The Morgan fingerprint density at radius 2 is 1.43 bits per heavy atom. The average Bonchev–Trinajstić information content (AvgIpc) is 2.62. The molecule has 0 saturated carbocycles. The van der Waals surface area contributed by atoms with Gasteiger partial charge in [0.2, 0.25) is 0 Å². The third-order valence-electron chi connectivity index (χ3n) is 4.24. The quantitative estimate of drug-likeness (QED) is 0.553. The first-order valence-electron chi connectivity index (χ1n) is 7.91. The first kappa shape index (κ1) is 13.9. The largest absolute Gasteiger partial charge is 0.309 e. The molecule has 0 saturated heterocycles. The number of aromatic nitrogens is 1. The summed E-state index contributed by atoms with van der Waals surface area (Å²) in [7, 11) is 0. The molecule has 3 aromatic carbocycles. The highest BCUT2D eigenvalue weighted by atomic mass is 14.9. The minimum atomic E-state index is 0.825. The topological polar surface area (TPSA) is 24.9 Å². The zero-order valence-electron chi connectivity index (χ0n) is 12.9. The van der Waals surface area contributed by atoms with Crippen molar-refractivity contribution in [3.63, 3.8) is 0 Å². The Labute approximate surface area is 135 Å². The molecule has 0 unspecified atom stereocenters. The third-order valence-corrected chi connectivity index (χ3v) is 4.24. The number of fused-ring (bicyclic) bond motifs is 2. The molecule has 112 valence electrons. The lowest BCUT2D eigenvalue weighted by molar-refractivity contribution is 0.697. The molecule has 23 heavy (non-hydrogen) atoms. The van der Waals surface area contributed by atoms with E-state index >= 15 is 0 Å². The summed E-state index contributed by atoms with van der Waals surface area (Å²) in [6.07, 6.45) is 3.72. The van der Waals surface area contributed by atoms with Gasteiger partial charge < -0.3 is 5.32 Å². The molecule has 2 nitrogen and oxygen atoms in total. The van der Waals surface area contributed by atoms with Crippen LogP contribution in [-0.4, -0.2) is 4.98 Å². The smallest absolute Gasteiger partial charge is 0.0312 e. The standard InChI is InChI=1S/C21H18N2/c1-3-9-19-17(7-1)12-18-8-2-4-10-20(18)21(19)15-23-14-16-6-5-11-22-13-16/h1-13,23H,14-15H2. The second kappa shape index (κ2) is 6.19. The Kier molecular flexibility index (Phi) is 3.75. The number of pyridine rings is 1. The van der Waals surface area contributed by atoms with E-state index in [4.69, 9.17) is 0 Å². The van der Waals surface area contributed by atoms with Gasteiger partial charge in [-0.25, -0.2) is 0 Å². The van der Waals surface area contributed by atoms with Crippen molar-refractivity contribution in [3.8, 4) is 0 Å². The Bertz CT molecular complexity index is 891. The molecule has 0 spiro atoms. The van der Waals surface area contributed by atoms with E-state index < -0.39 is 0 Å². The van der Waals surface area contributed by atoms with E-state index in [1.54, 1.807) is 0 Å². The van der Waals surface area contributed by atoms with Gasteiger partial charge in [0.25, 0.3) is 0 Å². The number of hydrogen-bond donors (Lipinski definition) is 1. The summed E-state index contributed by atoms with van der Waals surface area (Å²) in [5, 5.41) is 8.80. The maximum absolute atomic E-state index is 4.17. The molecule has 0 radical (unpaired) electrons. The van der Waals surface area contributed by atoms with Gasteiger partial charge in [0, 0.05) is 25.5 Å². The molecule has 0 aliphatic carbocycles. The highest BCUT2D eigenvalue weighted by molar-refractivity contribution is 6.02. The highest BCUT2D eigenvalue weighted by Gasteiger charge is 2.06. The Morgan fingerprint density at radius 1 is 0.739 bits per heavy atom. The van der Waals surface area contributed by atoms with Gasteiger partial charge in [0.05, 0.1) is 0 Å². The fraction of sp³-hybridized carbons (Fsp3) is 0.0952. The normalized spacial score (nSPS) is 11.1. The van der Waals surface area contributed by atoms with Gasteiger partial charge >= 0.3 is 0 Å². The maximum Gasteiger partial charge on any atom is 0.0312 e. The van der Waals surface area contributed by atoms with Crippen LogP contribution in [0.3, 0.4) is 0 Å². The van der Waals surface area contributed by atoms with Crippen LogP contribution >= 0.6 is 0 Å². The maximum atomic E-state index is 4.17. The average molecular weight is 298 g/mol. The van der Waals surface area contributed by atoms with E-state index in [-0.39, 0.29) is 0 Å². The molecule has 0 aliphatic rings. The second-order valence-corrected chi connectivity index (χ2v) is 5.76. The zero-order valence-corrected chi connectivity index (χ0v) is 12.9. The van der Waals surface area contributed by atoms with Crippen molar-refractivity contribution in [2.45, 2.75) is 13.1 Å². The van der Waals surface area contributed by atoms with Gasteiger partial charge in [0.15, 0.2) is 0 Å². The van der Waals surface area contributed by atoms with Crippen molar-refractivity contribution < 1.29 is 0 Å². The lowest BCUT2D eigenvalue weighted by atomic mass is 9.97. The molecule has 1 N–H and O–H groups in total. The van der Waals surface area contributed by atoms with Gasteiger partial charge in [-0.2, -0.15) is 0 Å². The van der Waals surface area contributed by atoms with Crippen LogP contribution in [0.25, 0.3) is 21.5 Å². The van der Waals surface area contributed by atoms with E-state index in [9.17, 15) is 0 Å². The fourth-order valence-corrected chi connectivity index (χ4v) is 3.13. The Balaban J connectivity index is 1.71. The monoisotopic (exact) mass is 298 g/mol. The van der Waals surface area contributed by atoms with Crippen LogP contribution in [0.2, 0.25) is 0 Å². The van der Waals surface area contributed by atoms with Crippen molar-refractivity contribution in [2.75, 3.05) is 0 Å². The van der Waals surface area contributed by atoms with Gasteiger partial charge in [-0.1, -0.05) is 54.6 Å². The van der Waals surface area contributed by atoms with Crippen molar-refractivity contribution in [1.82, 2.24) is 10.3 Å². The first-order valence-corrected chi connectivity index (χ1v) is 7.91. The van der Waals surface area contributed by atoms with Crippen LogP contribution in [0, 0.1) is 0 Å². The van der Waals surface area contributed by atoms with Crippen molar-refractivity contribution in [3.05, 3.63) is 90.3 Å². The molecule has 0 aliphatic heterocycles. The van der Waals surface area contributed by atoms with E-state index in [1.807, 2.05) is 18.5 Å². The van der Waals surface area contributed by atoms with Gasteiger partial charge in [-0.3, -0.25) is 4.98 Å².